The third-order valence-electron chi connectivity index (χ3n) is 4.09. The lowest BCUT2D eigenvalue weighted by Gasteiger charge is -2.24. The van der Waals surface area contributed by atoms with E-state index in [0.29, 0.717) is 16.8 Å². The summed E-state index contributed by atoms with van der Waals surface area (Å²) in [5.41, 5.74) is 0.800. The van der Waals surface area contributed by atoms with Gasteiger partial charge in [-0.25, -0.2) is 8.78 Å². The van der Waals surface area contributed by atoms with Crippen molar-refractivity contribution in [3.8, 4) is 0 Å². The van der Waals surface area contributed by atoms with Crippen molar-refractivity contribution in [1.82, 2.24) is 0 Å². The zero-order valence-electron chi connectivity index (χ0n) is 12.0. The number of hydrogen-bond donors (Lipinski definition) is 0. The van der Waals surface area contributed by atoms with Gasteiger partial charge in [0.25, 0.3) is 0 Å². The lowest BCUT2D eigenvalue weighted by atomic mass is 9.96. The molecule has 0 spiro atoms. The van der Waals surface area contributed by atoms with E-state index in [4.69, 9.17) is 0 Å². The predicted octanol–water partition coefficient (Wildman–Crippen LogP) is 5.27. The van der Waals surface area contributed by atoms with Crippen LogP contribution in [0.1, 0.15) is 44.6 Å². The average Bonchev–Trinajstić information content (AvgIpc) is 2.64. The molecular formula is C16H22BrF2N. The van der Waals surface area contributed by atoms with Crippen molar-refractivity contribution in [2.24, 2.45) is 5.92 Å². The molecule has 1 aliphatic heterocycles. The van der Waals surface area contributed by atoms with Gasteiger partial charge < -0.3 is 4.90 Å². The summed E-state index contributed by atoms with van der Waals surface area (Å²) in [6.45, 7) is 3.70. The minimum absolute atomic E-state index is 0.159. The maximum atomic E-state index is 14.2. The molecule has 0 aromatic heterocycles. The molecule has 1 heterocycles. The first kappa shape index (κ1) is 15.7. The Morgan fingerprint density at radius 1 is 1.20 bits per heavy atom. The molecule has 1 nitrogen and oxygen atoms in total. The van der Waals surface area contributed by atoms with E-state index < -0.39 is 11.6 Å². The van der Waals surface area contributed by atoms with E-state index in [2.05, 4.69) is 22.9 Å². The molecule has 0 bridgehead atoms. The quantitative estimate of drug-likeness (QED) is 0.672. The Kier molecular flexibility index (Phi) is 5.82. The summed E-state index contributed by atoms with van der Waals surface area (Å²) in [6, 6.07) is 2.86. The number of hydrogen-bond acceptors (Lipinski definition) is 1. The van der Waals surface area contributed by atoms with Crippen LogP contribution in [0.25, 0.3) is 0 Å². The first-order chi connectivity index (χ1) is 9.65. The molecule has 0 aliphatic carbocycles. The fraction of sp³-hybridized carbons (Fsp3) is 0.625. The Hall–Kier alpha value is -0.640. The van der Waals surface area contributed by atoms with Crippen molar-refractivity contribution in [3.63, 3.8) is 0 Å². The number of alkyl halides is 1. The van der Waals surface area contributed by atoms with E-state index in [1.54, 1.807) is 0 Å². The van der Waals surface area contributed by atoms with Crippen molar-refractivity contribution in [2.75, 3.05) is 18.0 Å². The minimum Gasteiger partial charge on any atom is -0.367 e. The third kappa shape index (κ3) is 3.72. The van der Waals surface area contributed by atoms with E-state index in [-0.39, 0.29) is 5.69 Å². The van der Waals surface area contributed by atoms with Crippen molar-refractivity contribution in [1.29, 1.82) is 0 Å². The molecule has 0 amide bonds. The summed E-state index contributed by atoms with van der Waals surface area (Å²) >= 11 is 3.24. The highest BCUT2D eigenvalue weighted by Gasteiger charge is 2.22. The van der Waals surface area contributed by atoms with Crippen LogP contribution in [0.2, 0.25) is 0 Å². The van der Waals surface area contributed by atoms with Crippen LogP contribution in [0.3, 0.4) is 0 Å². The molecule has 0 saturated carbocycles. The second-order valence-electron chi connectivity index (χ2n) is 5.61. The zero-order chi connectivity index (χ0) is 14.5. The van der Waals surface area contributed by atoms with Gasteiger partial charge in [-0.05, 0) is 42.9 Å². The topological polar surface area (TPSA) is 3.24 Å². The Labute approximate surface area is 128 Å². The fourth-order valence-electron chi connectivity index (χ4n) is 3.08. The molecule has 1 aromatic rings. The fourth-order valence-corrected chi connectivity index (χ4v) is 3.41. The Balaban J connectivity index is 2.15. The van der Waals surface area contributed by atoms with Gasteiger partial charge in [0.1, 0.15) is 17.3 Å². The van der Waals surface area contributed by atoms with E-state index in [9.17, 15) is 8.78 Å². The normalized spacial score (nSPS) is 20.0. The molecule has 1 fully saturated rings. The van der Waals surface area contributed by atoms with Gasteiger partial charge in [-0.3, -0.25) is 0 Å². The van der Waals surface area contributed by atoms with Gasteiger partial charge in [-0.1, -0.05) is 35.7 Å². The van der Waals surface area contributed by atoms with Crippen molar-refractivity contribution in [2.45, 2.75) is 44.4 Å². The molecular weight excluding hydrogens is 324 g/mol. The van der Waals surface area contributed by atoms with Gasteiger partial charge in [0.2, 0.25) is 0 Å². The van der Waals surface area contributed by atoms with E-state index in [1.165, 1.54) is 31.4 Å². The molecule has 0 N–H and O–H groups in total. The summed E-state index contributed by atoms with van der Waals surface area (Å²) in [5, 5.41) is 0.472. The van der Waals surface area contributed by atoms with Gasteiger partial charge in [0.05, 0.1) is 0 Å². The molecule has 112 valence electrons. The van der Waals surface area contributed by atoms with Gasteiger partial charge >= 0.3 is 0 Å². The molecule has 2 rings (SSSR count). The summed E-state index contributed by atoms with van der Waals surface area (Å²) in [6.07, 6.45) is 5.64. The van der Waals surface area contributed by atoms with Crippen molar-refractivity contribution >= 4 is 21.6 Å². The molecule has 1 aromatic carbocycles. The first-order valence-electron chi connectivity index (χ1n) is 7.44. The zero-order valence-corrected chi connectivity index (χ0v) is 13.6. The van der Waals surface area contributed by atoms with Crippen LogP contribution in [0.4, 0.5) is 14.5 Å². The monoisotopic (exact) mass is 345 g/mol. The van der Waals surface area contributed by atoms with Crippen LogP contribution in [-0.4, -0.2) is 13.1 Å². The lowest BCUT2D eigenvalue weighted by molar-refractivity contribution is 0.435. The van der Waals surface area contributed by atoms with E-state index >= 15 is 0 Å². The average molecular weight is 346 g/mol. The third-order valence-corrected chi connectivity index (χ3v) is 4.74. The molecule has 1 unspecified atom stereocenters. The van der Waals surface area contributed by atoms with Gasteiger partial charge in [0.15, 0.2) is 0 Å². The van der Waals surface area contributed by atoms with Crippen LogP contribution < -0.4 is 4.90 Å². The lowest BCUT2D eigenvalue weighted by Crippen LogP contribution is -2.26. The van der Waals surface area contributed by atoms with Gasteiger partial charge in [-0.2, -0.15) is 0 Å². The number of nitrogens with zero attached hydrogens (tertiary/aromatic N) is 1. The number of benzene rings is 1. The standard InChI is InChI=1S/C16H22BrF2N/c1-2-4-12-5-3-7-20(8-6-12)16-14(18)9-13(11-17)10-15(16)19/h9-10,12H,2-8,11H2,1H3. The molecule has 1 atom stereocenters. The number of anilines is 1. The highest BCUT2D eigenvalue weighted by Crippen LogP contribution is 2.30. The molecule has 0 radical (unpaired) electrons. The van der Waals surface area contributed by atoms with Crippen LogP contribution in [0.15, 0.2) is 12.1 Å². The Morgan fingerprint density at radius 2 is 1.90 bits per heavy atom. The second kappa shape index (κ2) is 7.39. The maximum absolute atomic E-state index is 14.2. The van der Waals surface area contributed by atoms with E-state index in [0.717, 1.165) is 25.9 Å². The highest BCUT2D eigenvalue weighted by atomic mass is 79.9. The molecule has 4 heteroatoms. The summed E-state index contributed by atoms with van der Waals surface area (Å²) < 4.78 is 28.3. The molecule has 1 aliphatic rings. The van der Waals surface area contributed by atoms with Crippen LogP contribution in [0, 0.1) is 17.6 Å². The molecule has 1 saturated heterocycles. The van der Waals surface area contributed by atoms with Crippen molar-refractivity contribution in [3.05, 3.63) is 29.3 Å². The van der Waals surface area contributed by atoms with Gasteiger partial charge in [0, 0.05) is 18.4 Å². The summed E-state index contributed by atoms with van der Waals surface area (Å²) in [7, 11) is 0. The summed E-state index contributed by atoms with van der Waals surface area (Å²) in [5.74, 6) is -0.167. The second-order valence-corrected chi connectivity index (χ2v) is 6.18. The smallest absolute Gasteiger partial charge is 0.149 e. The predicted molar refractivity (Wildman–Crippen MR) is 83.5 cm³/mol. The SMILES string of the molecule is CCCC1CCCN(c2c(F)cc(CBr)cc2F)CC1. The minimum atomic E-state index is -0.437. The Morgan fingerprint density at radius 3 is 2.50 bits per heavy atom. The van der Waals surface area contributed by atoms with Gasteiger partial charge in [-0.15, -0.1) is 0 Å². The van der Waals surface area contributed by atoms with Crippen LogP contribution >= 0.6 is 15.9 Å². The first-order valence-corrected chi connectivity index (χ1v) is 8.56. The van der Waals surface area contributed by atoms with E-state index in [1.807, 2.05) is 4.90 Å². The Bertz CT molecular complexity index is 427. The molecule has 20 heavy (non-hydrogen) atoms. The largest absolute Gasteiger partial charge is 0.367 e. The maximum Gasteiger partial charge on any atom is 0.149 e. The number of halogens is 3. The van der Waals surface area contributed by atoms with Crippen LogP contribution in [-0.2, 0) is 5.33 Å². The van der Waals surface area contributed by atoms with Crippen molar-refractivity contribution < 1.29 is 8.78 Å². The number of rotatable bonds is 4. The highest BCUT2D eigenvalue weighted by molar-refractivity contribution is 9.08. The van der Waals surface area contributed by atoms with Crippen LogP contribution in [0.5, 0.6) is 0 Å². The summed E-state index contributed by atoms with van der Waals surface area (Å²) in [4.78, 5) is 1.89.